The molecule has 1 aromatic heterocycles. The summed E-state index contributed by atoms with van der Waals surface area (Å²) >= 11 is 0. The van der Waals surface area contributed by atoms with E-state index in [4.69, 9.17) is 4.52 Å². The van der Waals surface area contributed by atoms with Gasteiger partial charge in [-0.05, 0) is 25.5 Å². The molecule has 2 heterocycles. The van der Waals surface area contributed by atoms with Crippen molar-refractivity contribution in [2.24, 2.45) is 0 Å². The van der Waals surface area contributed by atoms with Gasteiger partial charge in [0.15, 0.2) is 5.82 Å². The Morgan fingerprint density at radius 2 is 1.85 bits per heavy atom. The van der Waals surface area contributed by atoms with Crippen molar-refractivity contribution in [1.82, 2.24) is 10.1 Å². The molecule has 0 aliphatic carbocycles. The van der Waals surface area contributed by atoms with Gasteiger partial charge in [-0.1, -0.05) is 17.3 Å². The van der Waals surface area contributed by atoms with Gasteiger partial charge >= 0.3 is 5.97 Å². The van der Waals surface area contributed by atoms with E-state index in [0.717, 1.165) is 0 Å². The minimum atomic E-state index is -1.44. The largest absolute Gasteiger partial charge is 0.480 e. The first kappa shape index (κ1) is 17.3. The van der Waals surface area contributed by atoms with Crippen molar-refractivity contribution < 1.29 is 28.8 Å². The van der Waals surface area contributed by atoms with Gasteiger partial charge in [-0.25, -0.2) is 4.79 Å². The minimum Gasteiger partial charge on any atom is -0.480 e. The number of nitrogens with zero attached hydrogens (tertiary/aromatic N) is 2. The van der Waals surface area contributed by atoms with E-state index in [-0.39, 0.29) is 29.8 Å². The molecule has 9 nitrogen and oxygen atoms in total. The Kier molecular flexibility index (Phi) is 4.53. The molecular weight excluding hydrogens is 342 g/mol. The Balaban J connectivity index is 1.72. The zero-order valence-corrected chi connectivity index (χ0v) is 13.8. The summed E-state index contributed by atoms with van der Waals surface area (Å²) in [5.74, 6) is -2.96. The highest BCUT2D eigenvalue weighted by Crippen LogP contribution is 2.26. The molecule has 1 atom stereocenters. The fourth-order valence-electron chi connectivity index (χ4n) is 2.72. The summed E-state index contributed by atoms with van der Waals surface area (Å²) in [5, 5.41) is 15.6. The number of carbonyl (C=O) groups excluding carboxylic acids is 3. The highest BCUT2D eigenvalue weighted by Gasteiger charge is 2.42. The predicted molar refractivity (Wildman–Crippen MR) is 87.5 cm³/mol. The molecule has 0 bridgehead atoms. The topological polar surface area (TPSA) is 130 Å². The van der Waals surface area contributed by atoms with Crippen molar-refractivity contribution in [1.29, 1.82) is 0 Å². The van der Waals surface area contributed by atoms with Crippen molar-refractivity contribution in [2.45, 2.75) is 25.8 Å². The van der Waals surface area contributed by atoms with Crippen LogP contribution >= 0.6 is 0 Å². The van der Waals surface area contributed by atoms with Crippen LogP contribution in [0.3, 0.4) is 0 Å². The number of anilines is 1. The molecule has 3 rings (SSSR count). The lowest BCUT2D eigenvalue weighted by molar-refractivity contribution is -0.141. The number of carboxylic acids is 1. The molecule has 9 heteroatoms. The Bertz CT molecular complexity index is 868. The summed E-state index contributed by atoms with van der Waals surface area (Å²) in [5.41, 5.74) is 0.936. The van der Waals surface area contributed by atoms with Crippen LogP contribution in [0.1, 0.15) is 39.1 Å². The molecule has 2 aromatic rings. The van der Waals surface area contributed by atoms with E-state index in [9.17, 15) is 24.3 Å². The van der Waals surface area contributed by atoms with Crippen LogP contribution in [0.25, 0.3) is 0 Å². The number of hydrogen-bond donors (Lipinski definition) is 2. The molecule has 1 aliphatic rings. The lowest BCUT2D eigenvalue weighted by atomic mass is 10.1. The average molecular weight is 357 g/mol. The fourth-order valence-corrected chi connectivity index (χ4v) is 2.72. The molecule has 1 unspecified atom stereocenters. The number of aromatic nitrogens is 1. The lowest BCUT2D eigenvalue weighted by Gasteiger charge is -2.22. The molecule has 0 saturated heterocycles. The second-order valence-electron chi connectivity index (χ2n) is 5.81. The first-order valence-corrected chi connectivity index (χ1v) is 7.80. The number of aryl methyl sites for hydroxylation is 1. The number of imide groups is 1. The molecule has 0 radical (unpaired) electrons. The van der Waals surface area contributed by atoms with Crippen molar-refractivity contribution in [3.8, 4) is 0 Å². The average Bonchev–Trinajstić information content (AvgIpc) is 3.11. The van der Waals surface area contributed by atoms with Crippen molar-refractivity contribution in [2.75, 3.05) is 5.32 Å². The molecule has 0 fully saturated rings. The van der Waals surface area contributed by atoms with Crippen LogP contribution in [0.15, 0.2) is 35.1 Å². The Morgan fingerprint density at radius 1 is 1.23 bits per heavy atom. The normalized spacial score (nSPS) is 14.3. The number of carbonyl (C=O) groups is 4. The third-order valence-corrected chi connectivity index (χ3v) is 4.07. The van der Waals surface area contributed by atoms with Crippen molar-refractivity contribution >= 4 is 29.5 Å². The second kappa shape index (κ2) is 6.79. The highest BCUT2D eigenvalue weighted by atomic mass is 16.5. The number of fused-ring (bicyclic) bond motifs is 1. The molecular formula is C17H15N3O6. The number of aliphatic carboxylic acids is 1. The van der Waals surface area contributed by atoms with Gasteiger partial charge < -0.3 is 14.9 Å². The van der Waals surface area contributed by atoms with Gasteiger partial charge in [0.2, 0.25) is 5.91 Å². The third-order valence-electron chi connectivity index (χ3n) is 4.07. The molecule has 134 valence electrons. The number of amides is 3. The zero-order valence-electron chi connectivity index (χ0n) is 13.8. The number of nitrogens with one attached hydrogen (secondary N) is 1. The van der Waals surface area contributed by atoms with Gasteiger partial charge in [0.25, 0.3) is 11.8 Å². The van der Waals surface area contributed by atoms with Gasteiger partial charge in [-0.2, -0.15) is 0 Å². The molecule has 26 heavy (non-hydrogen) atoms. The maximum absolute atomic E-state index is 12.4. The third kappa shape index (κ3) is 3.06. The Morgan fingerprint density at radius 3 is 2.35 bits per heavy atom. The fraction of sp³-hybridized carbons (Fsp3) is 0.235. The Hall–Kier alpha value is -3.49. The first-order valence-electron chi connectivity index (χ1n) is 7.80. The van der Waals surface area contributed by atoms with E-state index in [0.29, 0.717) is 10.5 Å². The van der Waals surface area contributed by atoms with Crippen LogP contribution in [0.2, 0.25) is 0 Å². The first-order chi connectivity index (χ1) is 12.4. The van der Waals surface area contributed by atoms with E-state index in [1.54, 1.807) is 19.1 Å². The molecule has 3 amide bonds. The second-order valence-corrected chi connectivity index (χ2v) is 5.81. The maximum atomic E-state index is 12.4. The van der Waals surface area contributed by atoms with E-state index < -0.39 is 29.7 Å². The van der Waals surface area contributed by atoms with Gasteiger partial charge in [0.1, 0.15) is 12.3 Å². The van der Waals surface area contributed by atoms with Crippen LogP contribution in [0, 0.1) is 6.92 Å². The predicted octanol–water partition coefficient (Wildman–Crippen LogP) is 1.45. The SMILES string of the molecule is Cc1conc1NC(=O)CCC(C(=O)O)N1C(=O)c2ccccc2C1=O. The summed E-state index contributed by atoms with van der Waals surface area (Å²) in [7, 11) is 0. The molecule has 2 N–H and O–H groups in total. The molecule has 0 saturated carbocycles. The summed E-state index contributed by atoms with van der Waals surface area (Å²) in [4.78, 5) is 49.2. The smallest absolute Gasteiger partial charge is 0.326 e. The van der Waals surface area contributed by atoms with E-state index in [2.05, 4.69) is 10.5 Å². The van der Waals surface area contributed by atoms with E-state index in [1.807, 2.05) is 0 Å². The molecule has 1 aromatic carbocycles. The van der Waals surface area contributed by atoms with Gasteiger partial charge in [0.05, 0.1) is 11.1 Å². The quantitative estimate of drug-likeness (QED) is 0.748. The number of hydrogen-bond acceptors (Lipinski definition) is 6. The minimum absolute atomic E-state index is 0.159. The standard InChI is InChI=1S/C17H15N3O6/c1-9-8-26-19-14(9)18-13(21)7-6-12(17(24)25)20-15(22)10-4-2-3-5-11(10)16(20)23/h2-5,8,12H,6-7H2,1H3,(H,24,25)(H,18,19,21). The monoisotopic (exact) mass is 357 g/mol. The van der Waals surface area contributed by atoms with Crippen molar-refractivity contribution in [3.63, 3.8) is 0 Å². The molecule has 0 spiro atoms. The van der Waals surface area contributed by atoms with Crippen LogP contribution < -0.4 is 5.32 Å². The van der Waals surface area contributed by atoms with Gasteiger partial charge in [0, 0.05) is 12.0 Å². The number of benzene rings is 1. The number of rotatable bonds is 6. The maximum Gasteiger partial charge on any atom is 0.326 e. The van der Waals surface area contributed by atoms with E-state index in [1.165, 1.54) is 18.4 Å². The Labute approximate surface area is 147 Å². The zero-order chi connectivity index (χ0) is 18.8. The summed E-state index contributed by atoms with van der Waals surface area (Å²) in [6.45, 7) is 1.69. The van der Waals surface area contributed by atoms with Crippen molar-refractivity contribution in [3.05, 3.63) is 47.2 Å². The summed E-state index contributed by atoms with van der Waals surface area (Å²) < 4.78 is 4.70. The van der Waals surface area contributed by atoms with Crippen LogP contribution in [-0.2, 0) is 9.59 Å². The van der Waals surface area contributed by atoms with Crippen LogP contribution in [0.4, 0.5) is 5.82 Å². The highest BCUT2D eigenvalue weighted by molar-refractivity contribution is 6.22. The lowest BCUT2D eigenvalue weighted by Crippen LogP contribution is -2.45. The molecule has 1 aliphatic heterocycles. The summed E-state index contributed by atoms with van der Waals surface area (Å²) in [6, 6.07) is 4.68. The van der Waals surface area contributed by atoms with Crippen LogP contribution in [-0.4, -0.2) is 44.9 Å². The van der Waals surface area contributed by atoms with Gasteiger partial charge in [-0.15, -0.1) is 0 Å². The van der Waals surface area contributed by atoms with Gasteiger partial charge in [-0.3, -0.25) is 19.3 Å². The summed E-state index contributed by atoms with van der Waals surface area (Å²) in [6.07, 6.45) is 0.925. The number of carboxylic acid groups (broad SMARTS) is 1. The van der Waals surface area contributed by atoms with Crippen LogP contribution in [0.5, 0.6) is 0 Å². The van der Waals surface area contributed by atoms with E-state index >= 15 is 0 Å².